The van der Waals surface area contributed by atoms with Crippen molar-refractivity contribution < 1.29 is 19.4 Å². The van der Waals surface area contributed by atoms with Crippen LogP contribution in [-0.2, 0) is 14.3 Å². The van der Waals surface area contributed by atoms with E-state index in [2.05, 4.69) is 0 Å². The lowest BCUT2D eigenvalue weighted by atomic mass is 9.97. The number of carbonyl (C=O) groups is 2. The zero-order valence-electron chi connectivity index (χ0n) is 9.93. The second kappa shape index (κ2) is 5.49. The van der Waals surface area contributed by atoms with Gasteiger partial charge >= 0.3 is 5.97 Å². The van der Waals surface area contributed by atoms with Crippen molar-refractivity contribution in [1.29, 1.82) is 0 Å². The average Bonchev–Trinajstić information content (AvgIpc) is 2.82. The lowest BCUT2D eigenvalue weighted by Gasteiger charge is -2.30. The third kappa shape index (κ3) is 3.19. The number of carboxylic acids is 1. The van der Waals surface area contributed by atoms with Crippen LogP contribution in [0.2, 0.25) is 0 Å². The van der Waals surface area contributed by atoms with E-state index in [-0.39, 0.29) is 17.9 Å². The van der Waals surface area contributed by atoms with Crippen LogP contribution in [0.4, 0.5) is 0 Å². The van der Waals surface area contributed by atoms with Gasteiger partial charge in [-0.2, -0.15) is 0 Å². The first kappa shape index (κ1) is 12.4. The summed E-state index contributed by atoms with van der Waals surface area (Å²) in [7, 11) is 0. The second-order valence-electron chi connectivity index (χ2n) is 4.83. The molecule has 1 atom stereocenters. The van der Waals surface area contributed by atoms with Crippen molar-refractivity contribution in [3.63, 3.8) is 0 Å². The largest absolute Gasteiger partial charge is 0.481 e. The molecule has 5 nitrogen and oxygen atoms in total. The lowest BCUT2D eigenvalue weighted by Crippen LogP contribution is -2.41. The smallest absolute Gasteiger partial charge is 0.306 e. The topological polar surface area (TPSA) is 66.8 Å². The fourth-order valence-corrected chi connectivity index (χ4v) is 2.51. The van der Waals surface area contributed by atoms with E-state index in [1.165, 1.54) is 0 Å². The Bertz CT molecular complexity index is 291. The maximum Gasteiger partial charge on any atom is 0.306 e. The first-order valence-electron chi connectivity index (χ1n) is 6.29. The highest BCUT2D eigenvalue weighted by atomic mass is 16.5. The summed E-state index contributed by atoms with van der Waals surface area (Å²) in [5.41, 5.74) is 0. The van der Waals surface area contributed by atoms with Gasteiger partial charge in [0.2, 0.25) is 5.91 Å². The molecule has 0 aromatic rings. The molecule has 0 aromatic carbocycles. The Hall–Kier alpha value is -1.10. The van der Waals surface area contributed by atoms with E-state index < -0.39 is 5.97 Å². The lowest BCUT2D eigenvalue weighted by molar-refractivity contribution is -0.146. The number of ether oxygens (including phenoxy) is 1. The van der Waals surface area contributed by atoms with Crippen molar-refractivity contribution in [3.8, 4) is 0 Å². The first-order valence-corrected chi connectivity index (χ1v) is 6.29. The van der Waals surface area contributed by atoms with Crippen LogP contribution in [0.15, 0.2) is 0 Å². The molecule has 0 aliphatic carbocycles. The number of hydrogen-bond acceptors (Lipinski definition) is 3. The summed E-state index contributed by atoms with van der Waals surface area (Å²) >= 11 is 0. The van der Waals surface area contributed by atoms with Gasteiger partial charge in [-0.1, -0.05) is 0 Å². The molecule has 2 aliphatic heterocycles. The van der Waals surface area contributed by atoms with E-state index in [0.29, 0.717) is 32.4 Å². The fourth-order valence-electron chi connectivity index (χ4n) is 2.51. The number of nitrogens with zero attached hydrogens (tertiary/aromatic N) is 1. The number of aliphatic carboxylic acids is 1. The van der Waals surface area contributed by atoms with Gasteiger partial charge in [-0.05, 0) is 25.7 Å². The minimum atomic E-state index is -0.740. The molecule has 96 valence electrons. The first-order chi connectivity index (χ1) is 8.16. The highest BCUT2D eigenvalue weighted by molar-refractivity contribution is 5.77. The molecule has 1 amide bonds. The summed E-state index contributed by atoms with van der Waals surface area (Å²) in [6.07, 6.45) is 3.70. The number of carbonyl (C=O) groups excluding carboxylic acids is 1. The van der Waals surface area contributed by atoms with Crippen molar-refractivity contribution >= 4 is 11.9 Å². The van der Waals surface area contributed by atoms with E-state index >= 15 is 0 Å². The van der Waals surface area contributed by atoms with E-state index in [9.17, 15) is 9.59 Å². The van der Waals surface area contributed by atoms with Crippen LogP contribution in [0.3, 0.4) is 0 Å². The van der Waals surface area contributed by atoms with E-state index in [4.69, 9.17) is 9.84 Å². The summed E-state index contributed by atoms with van der Waals surface area (Å²) in [4.78, 5) is 24.5. The van der Waals surface area contributed by atoms with Gasteiger partial charge in [0.25, 0.3) is 0 Å². The third-order valence-corrected chi connectivity index (χ3v) is 3.62. The van der Waals surface area contributed by atoms with Gasteiger partial charge in [0.1, 0.15) is 0 Å². The predicted octanol–water partition coefficient (Wildman–Crippen LogP) is 0.879. The third-order valence-electron chi connectivity index (χ3n) is 3.62. The van der Waals surface area contributed by atoms with E-state index in [1.54, 1.807) is 4.90 Å². The molecule has 2 saturated heterocycles. The molecule has 0 aromatic heterocycles. The zero-order chi connectivity index (χ0) is 12.3. The van der Waals surface area contributed by atoms with Gasteiger partial charge in [0.05, 0.1) is 18.4 Å². The van der Waals surface area contributed by atoms with Crippen LogP contribution in [-0.4, -0.2) is 47.7 Å². The molecule has 0 unspecified atom stereocenters. The van der Waals surface area contributed by atoms with E-state index in [1.807, 2.05) is 0 Å². The number of likely N-dealkylation sites (tertiary alicyclic amines) is 1. The van der Waals surface area contributed by atoms with Crippen LogP contribution >= 0.6 is 0 Å². The molecule has 2 fully saturated rings. The minimum Gasteiger partial charge on any atom is -0.481 e. The van der Waals surface area contributed by atoms with Crippen LogP contribution in [0.1, 0.15) is 32.1 Å². The molecule has 2 aliphatic rings. The van der Waals surface area contributed by atoms with Crippen LogP contribution < -0.4 is 0 Å². The average molecular weight is 241 g/mol. The molecular formula is C12H19NO4. The van der Waals surface area contributed by atoms with Crippen LogP contribution in [0.25, 0.3) is 0 Å². The molecule has 0 saturated carbocycles. The minimum absolute atomic E-state index is 0.0831. The Balaban J connectivity index is 1.75. The van der Waals surface area contributed by atoms with Crippen molar-refractivity contribution in [2.45, 2.75) is 38.2 Å². The normalized spacial score (nSPS) is 26.1. The van der Waals surface area contributed by atoms with Crippen molar-refractivity contribution in [2.24, 2.45) is 5.92 Å². The van der Waals surface area contributed by atoms with Crippen LogP contribution in [0, 0.1) is 5.92 Å². The SMILES string of the molecule is O=C(O)C1CCN(C(=O)C[C@@H]2CCCO2)CC1. The zero-order valence-corrected chi connectivity index (χ0v) is 9.93. The van der Waals surface area contributed by atoms with Gasteiger partial charge < -0.3 is 14.7 Å². The van der Waals surface area contributed by atoms with Gasteiger partial charge in [0.15, 0.2) is 0 Å². The molecule has 17 heavy (non-hydrogen) atoms. The number of piperidine rings is 1. The standard InChI is InChI=1S/C12H19NO4/c14-11(8-10-2-1-7-17-10)13-5-3-9(4-6-13)12(15)16/h9-10H,1-8H2,(H,15,16)/t10-/m0/s1. The second-order valence-corrected chi connectivity index (χ2v) is 4.83. The maximum atomic E-state index is 11.9. The Labute approximate surface area is 101 Å². The fraction of sp³-hybridized carbons (Fsp3) is 0.833. The highest BCUT2D eigenvalue weighted by Gasteiger charge is 2.28. The van der Waals surface area contributed by atoms with Crippen molar-refractivity contribution in [2.75, 3.05) is 19.7 Å². The number of carboxylic acid groups (broad SMARTS) is 1. The molecule has 1 N–H and O–H groups in total. The van der Waals surface area contributed by atoms with Gasteiger partial charge in [-0.15, -0.1) is 0 Å². The summed E-state index contributed by atoms with van der Waals surface area (Å²) in [5.74, 6) is -0.904. The number of amides is 1. The van der Waals surface area contributed by atoms with Crippen molar-refractivity contribution in [1.82, 2.24) is 4.90 Å². The maximum absolute atomic E-state index is 11.9. The molecule has 2 heterocycles. The monoisotopic (exact) mass is 241 g/mol. The molecule has 0 spiro atoms. The summed E-state index contributed by atoms with van der Waals surface area (Å²) < 4.78 is 5.43. The Kier molecular flexibility index (Phi) is 3.99. The Morgan fingerprint density at radius 2 is 1.94 bits per heavy atom. The summed E-state index contributed by atoms with van der Waals surface area (Å²) in [6.45, 7) is 1.91. The Morgan fingerprint density at radius 1 is 1.24 bits per heavy atom. The summed E-state index contributed by atoms with van der Waals surface area (Å²) in [5, 5.41) is 8.87. The molecule has 5 heteroatoms. The Morgan fingerprint density at radius 3 is 2.47 bits per heavy atom. The van der Waals surface area contributed by atoms with Gasteiger partial charge in [-0.3, -0.25) is 9.59 Å². The number of rotatable bonds is 3. The molecule has 0 radical (unpaired) electrons. The molecule has 0 bridgehead atoms. The van der Waals surface area contributed by atoms with Gasteiger partial charge in [-0.25, -0.2) is 0 Å². The molecular weight excluding hydrogens is 222 g/mol. The molecule has 2 rings (SSSR count). The van der Waals surface area contributed by atoms with Gasteiger partial charge in [0, 0.05) is 19.7 Å². The quantitative estimate of drug-likeness (QED) is 0.796. The highest BCUT2D eigenvalue weighted by Crippen LogP contribution is 2.21. The van der Waals surface area contributed by atoms with E-state index in [0.717, 1.165) is 19.4 Å². The van der Waals surface area contributed by atoms with Crippen molar-refractivity contribution in [3.05, 3.63) is 0 Å². The predicted molar refractivity (Wildman–Crippen MR) is 60.5 cm³/mol. The van der Waals surface area contributed by atoms with Crippen LogP contribution in [0.5, 0.6) is 0 Å². The summed E-state index contributed by atoms with van der Waals surface area (Å²) in [6, 6.07) is 0. The number of hydrogen-bond donors (Lipinski definition) is 1.